The van der Waals surface area contributed by atoms with Crippen LogP contribution in [0.2, 0.25) is 0 Å². The van der Waals surface area contributed by atoms with Gasteiger partial charge in [0.25, 0.3) is 0 Å². The van der Waals surface area contributed by atoms with Crippen molar-refractivity contribution in [1.29, 1.82) is 0 Å². The lowest BCUT2D eigenvalue weighted by molar-refractivity contribution is 0.509. The van der Waals surface area contributed by atoms with Gasteiger partial charge in [-0.25, -0.2) is 13.1 Å². The minimum Gasteiger partial charge on any atom is -0.399 e. The second-order valence-corrected chi connectivity index (χ2v) is 7.45. The standard InChI is InChI=1S/C15H24N2O2S/c1-11-9-13(16)10-15(12(11)2)20(18,19)17-14-7-5-3-4-6-8-14/h9-10,14,17H,3-8,16H2,1-2H3. The van der Waals surface area contributed by atoms with Gasteiger partial charge in [0.05, 0.1) is 4.90 Å². The van der Waals surface area contributed by atoms with Crippen LogP contribution in [0, 0.1) is 13.8 Å². The van der Waals surface area contributed by atoms with Crippen molar-refractivity contribution >= 4 is 15.7 Å². The Hall–Kier alpha value is -1.07. The summed E-state index contributed by atoms with van der Waals surface area (Å²) in [5, 5.41) is 0. The van der Waals surface area contributed by atoms with Crippen LogP contribution in [0.5, 0.6) is 0 Å². The van der Waals surface area contributed by atoms with Crippen molar-refractivity contribution in [3.05, 3.63) is 23.3 Å². The Morgan fingerprint density at radius 2 is 1.70 bits per heavy atom. The molecule has 1 saturated carbocycles. The Bertz CT molecular complexity index is 574. The SMILES string of the molecule is Cc1cc(N)cc(S(=O)(=O)NC2CCCCCC2)c1C. The van der Waals surface area contributed by atoms with Crippen LogP contribution in [0.15, 0.2) is 17.0 Å². The number of nitrogens with two attached hydrogens (primary N) is 1. The molecule has 0 atom stereocenters. The number of anilines is 1. The highest BCUT2D eigenvalue weighted by atomic mass is 32.2. The highest BCUT2D eigenvalue weighted by molar-refractivity contribution is 7.89. The van der Waals surface area contributed by atoms with Crippen molar-refractivity contribution in [2.75, 3.05) is 5.73 Å². The largest absolute Gasteiger partial charge is 0.399 e. The van der Waals surface area contributed by atoms with Gasteiger partial charge < -0.3 is 5.73 Å². The number of benzene rings is 1. The van der Waals surface area contributed by atoms with Crippen LogP contribution in [0.25, 0.3) is 0 Å². The third-order valence-corrected chi connectivity index (χ3v) is 5.76. The maximum atomic E-state index is 12.6. The molecule has 0 saturated heterocycles. The van der Waals surface area contributed by atoms with Gasteiger partial charge in [0.2, 0.25) is 10.0 Å². The van der Waals surface area contributed by atoms with Crippen LogP contribution in [0.1, 0.15) is 49.7 Å². The molecule has 0 heterocycles. The van der Waals surface area contributed by atoms with Gasteiger partial charge in [-0.1, -0.05) is 25.7 Å². The summed E-state index contributed by atoms with van der Waals surface area (Å²) in [6, 6.07) is 3.42. The van der Waals surface area contributed by atoms with E-state index in [0.717, 1.165) is 36.8 Å². The van der Waals surface area contributed by atoms with E-state index in [4.69, 9.17) is 5.73 Å². The molecule has 0 bridgehead atoms. The van der Waals surface area contributed by atoms with E-state index in [-0.39, 0.29) is 6.04 Å². The second-order valence-electron chi connectivity index (χ2n) is 5.77. The number of hydrogen-bond donors (Lipinski definition) is 2. The minimum absolute atomic E-state index is 0.0589. The van der Waals surface area contributed by atoms with E-state index >= 15 is 0 Å². The molecule has 1 aliphatic carbocycles. The number of aryl methyl sites for hydroxylation is 1. The van der Waals surface area contributed by atoms with Crippen LogP contribution >= 0.6 is 0 Å². The lowest BCUT2D eigenvalue weighted by Gasteiger charge is -2.18. The molecule has 3 N–H and O–H groups in total. The van der Waals surface area contributed by atoms with Crippen molar-refractivity contribution in [3.8, 4) is 0 Å². The smallest absolute Gasteiger partial charge is 0.241 e. The molecule has 1 fully saturated rings. The highest BCUT2D eigenvalue weighted by Gasteiger charge is 2.23. The zero-order valence-corrected chi connectivity index (χ0v) is 13.1. The zero-order chi connectivity index (χ0) is 14.8. The van der Waals surface area contributed by atoms with Crippen LogP contribution in [0.3, 0.4) is 0 Å². The fraction of sp³-hybridized carbons (Fsp3) is 0.600. The first-order chi connectivity index (χ1) is 9.40. The monoisotopic (exact) mass is 296 g/mol. The van der Waals surface area contributed by atoms with Crippen molar-refractivity contribution < 1.29 is 8.42 Å². The molecule has 0 aliphatic heterocycles. The number of nitrogen functional groups attached to an aromatic ring is 1. The fourth-order valence-corrected chi connectivity index (χ4v) is 4.47. The molecule has 0 radical (unpaired) electrons. The van der Waals surface area contributed by atoms with E-state index in [0.29, 0.717) is 10.6 Å². The van der Waals surface area contributed by atoms with Gasteiger partial charge in [-0.2, -0.15) is 0 Å². The molecule has 0 unspecified atom stereocenters. The molecule has 1 aromatic rings. The van der Waals surface area contributed by atoms with E-state index in [1.165, 1.54) is 12.8 Å². The highest BCUT2D eigenvalue weighted by Crippen LogP contribution is 2.24. The lowest BCUT2D eigenvalue weighted by atomic mass is 10.1. The fourth-order valence-electron chi connectivity index (χ4n) is 2.81. The summed E-state index contributed by atoms with van der Waals surface area (Å²) in [5.74, 6) is 0. The molecule has 20 heavy (non-hydrogen) atoms. The molecule has 1 aromatic carbocycles. The van der Waals surface area contributed by atoms with Crippen LogP contribution < -0.4 is 10.5 Å². The first-order valence-corrected chi connectivity index (χ1v) is 8.77. The third-order valence-electron chi connectivity index (χ3n) is 4.11. The Balaban J connectivity index is 2.26. The molecule has 0 amide bonds. The Labute approximate surface area is 121 Å². The Kier molecular flexibility index (Phi) is 4.70. The lowest BCUT2D eigenvalue weighted by Crippen LogP contribution is -2.34. The molecule has 2 rings (SSSR count). The average Bonchev–Trinajstić information content (AvgIpc) is 2.61. The number of rotatable bonds is 3. The quantitative estimate of drug-likeness (QED) is 0.665. The molecular weight excluding hydrogens is 272 g/mol. The predicted molar refractivity (Wildman–Crippen MR) is 82.1 cm³/mol. The summed E-state index contributed by atoms with van der Waals surface area (Å²) >= 11 is 0. The van der Waals surface area contributed by atoms with Crippen LogP contribution in [-0.2, 0) is 10.0 Å². The molecule has 112 valence electrons. The number of sulfonamides is 1. The van der Waals surface area contributed by atoms with Crippen molar-refractivity contribution in [2.24, 2.45) is 0 Å². The Morgan fingerprint density at radius 1 is 1.10 bits per heavy atom. The summed E-state index contributed by atoms with van der Waals surface area (Å²) in [6.45, 7) is 3.72. The van der Waals surface area contributed by atoms with Gasteiger partial charge >= 0.3 is 0 Å². The average molecular weight is 296 g/mol. The van der Waals surface area contributed by atoms with Gasteiger partial charge in [0.1, 0.15) is 0 Å². The van der Waals surface area contributed by atoms with E-state index in [2.05, 4.69) is 4.72 Å². The van der Waals surface area contributed by atoms with Gasteiger partial charge in [-0.05, 0) is 49.9 Å². The zero-order valence-electron chi connectivity index (χ0n) is 12.3. The second kappa shape index (κ2) is 6.14. The molecule has 0 aromatic heterocycles. The summed E-state index contributed by atoms with van der Waals surface area (Å²) < 4.78 is 28.0. The summed E-state index contributed by atoms with van der Waals surface area (Å²) in [5.41, 5.74) is 7.97. The van der Waals surface area contributed by atoms with Gasteiger partial charge in [0, 0.05) is 11.7 Å². The normalized spacial score (nSPS) is 17.9. The molecule has 4 nitrogen and oxygen atoms in total. The van der Waals surface area contributed by atoms with Crippen molar-refractivity contribution in [1.82, 2.24) is 4.72 Å². The Morgan fingerprint density at radius 3 is 2.30 bits per heavy atom. The summed E-state index contributed by atoms with van der Waals surface area (Å²) in [6.07, 6.45) is 6.46. The van der Waals surface area contributed by atoms with E-state index in [1.807, 2.05) is 13.8 Å². The molecular formula is C15H24N2O2S. The molecule has 1 aliphatic rings. The first kappa shape index (κ1) is 15.3. The van der Waals surface area contributed by atoms with E-state index < -0.39 is 10.0 Å². The maximum Gasteiger partial charge on any atom is 0.241 e. The van der Waals surface area contributed by atoms with E-state index in [9.17, 15) is 8.42 Å². The third kappa shape index (κ3) is 3.52. The molecule has 5 heteroatoms. The predicted octanol–water partition coefficient (Wildman–Crippen LogP) is 2.89. The van der Waals surface area contributed by atoms with Gasteiger partial charge in [-0.3, -0.25) is 0 Å². The van der Waals surface area contributed by atoms with Crippen molar-refractivity contribution in [3.63, 3.8) is 0 Å². The first-order valence-electron chi connectivity index (χ1n) is 7.29. The van der Waals surface area contributed by atoms with Crippen LogP contribution in [0.4, 0.5) is 5.69 Å². The van der Waals surface area contributed by atoms with Crippen molar-refractivity contribution in [2.45, 2.75) is 63.3 Å². The number of hydrogen-bond acceptors (Lipinski definition) is 3. The van der Waals surface area contributed by atoms with E-state index in [1.54, 1.807) is 12.1 Å². The maximum absolute atomic E-state index is 12.6. The summed E-state index contributed by atoms with van der Waals surface area (Å²) in [4.78, 5) is 0.319. The van der Waals surface area contributed by atoms with Crippen LogP contribution in [-0.4, -0.2) is 14.5 Å². The minimum atomic E-state index is -3.48. The van der Waals surface area contributed by atoms with Gasteiger partial charge in [-0.15, -0.1) is 0 Å². The molecule has 0 spiro atoms. The van der Waals surface area contributed by atoms with Gasteiger partial charge in [0.15, 0.2) is 0 Å². The summed E-state index contributed by atoms with van der Waals surface area (Å²) in [7, 11) is -3.48. The number of nitrogens with one attached hydrogen (secondary N) is 1. The topological polar surface area (TPSA) is 72.2 Å².